The number of hydrogen-bond donors (Lipinski definition) is 2. The third-order valence-corrected chi connectivity index (χ3v) is 3.38. The predicted octanol–water partition coefficient (Wildman–Crippen LogP) is 3.21. The highest BCUT2D eigenvalue weighted by atomic mass is 14.9. The molecular weight excluding hydrogens is 220 g/mol. The van der Waals surface area contributed by atoms with Gasteiger partial charge in [0.1, 0.15) is 5.48 Å². The summed E-state index contributed by atoms with van der Waals surface area (Å²) in [5, 5.41) is 2.52. The van der Waals surface area contributed by atoms with Crippen LogP contribution in [0.2, 0.25) is 0 Å². The minimum Gasteiger partial charge on any atom is -0.341 e. The third-order valence-electron chi connectivity index (χ3n) is 3.38. The molecule has 1 aliphatic carbocycles. The first-order valence-electron chi connectivity index (χ1n) is 6.07. The normalized spacial score (nSPS) is 14.1. The van der Waals surface area contributed by atoms with E-state index in [0.717, 1.165) is 16.5 Å². The molecule has 1 aromatic heterocycles. The van der Waals surface area contributed by atoms with Gasteiger partial charge in [0.05, 0.1) is 0 Å². The second-order valence-corrected chi connectivity index (χ2v) is 4.51. The number of aromatic nitrogens is 2. The molecule has 0 bridgehead atoms. The number of benzene rings is 2. The molecule has 0 spiro atoms. The third kappa shape index (κ3) is 1.29. The van der Waals surface area contributed by atoms with Crippen molar-refractivity contribution in [2.75, 3.05) is 0 Å². The van der Waals surface area contributed by atoms with Crippen LogP contribution in [0, 0.1) is 0 Å². The molecule has 0 saturated heterocycles. The van der Waals surface area contributed by atoms with Crippen LogP contribution in [0.3, 0.4) is 0 Å². The van der Waals surface area contributed by atoms with E-state index in [0.29, 0.717) is 0 Å². The summed E-state index contributed by atoms with van der Waals surface area (Å²) >= 11 is 0. The van der Waals surface area contributed by atoms with Crippen LogP contribution in [0.5, 0.6) is 0 Å². The summed E-state index contributed by atoms with van der Waals surface area (Å²) in [7, 11) is 0. The summed E-state index contributed by atoms with van der Waals surface area (Å²) in [5.74, 6) is 0. The van der Waals surface area contributed by atoms with Crippen LogP contribution in [-0.2, 0) is 0 Å². The SMILES string of the molecule is C1=CC(=c2[nH]c3cccc4cccc([nH]2)c43)C=C1. The standard InChI is InChI=1S/C16H12N2/c1-2-6-12(5-1)16-17-13-9-3-7-11-8-4-10-14(18-16)15(11)13/h1-10,17-18H. The molecule has 0 aliphatic heterocycles. The molecule has 86 valence electrons. The van der Waals surface area contributed by atoms with Gasteiger partial charge in [-0.15, -0.1) is 0 Å². The van der Waals surface area contributed by atoms with Crippen LogP contribution >= 0.6 is 0 Å². The molecule has 18 heavy (non-hydrogen) atoms. The lowest BCUT2D eigenvalue weighted by atomic mass is 10.1. The topological polar surface area (TPSA) is 31.6 Å². The molecule has 2 aromatic carbocycles. The molecule has 0 radical (unpaired) electrons. The van der Waals surface area contributed by atoms with Crippen LogP contribution in [0.25, 0.3) is 27.4 Å². The highest BCUT2D eigenvalue weighted by Crippen LogP contribution is 2.22. The lowest BCUT2D eigenvalue weighted by Gasteiger charge is -2.06. The van der Waals surface area contributed by atoms with Gasteiger partial charge in [-0.2, -0.15) is 0 Å². The van der Waals surface area contributed by atoms with Crippen molar-refractivity contribution in [1.82, 2.24) is 9.97 Å². The molecular formula is C16H12N2. The van der Waals surface area contributed by atoms with Gasteiger partial charge >= 0.3 is 0 Å². The highest BCUT2D eigenvalue weighted by molar-refractivity contribution is 6.06. The van der Waals surface area contributed by atoms with E-state index in [1.807, 2.05) is 12.2 Å². The number of allylic oxidation sites excluding steroid dienone is 4. The molecule has 1 heterocycles. The maximum atomic E-state index is 3.47. The number of aromatic amines is 2. The Hall–Kier alpha value is -2.48. The summed E-state index contributed by atoms with van der Waals surface area (Å²) in [5.41, 5.74) is 4.56. The molecule has 0 fully saturated rings. The average molecular weight is 232 g/mol. The fourth-order valence-corrected chi connectivity index (χ4v) is 2.53. The Bertz CT molecular complexity index is 807. The summed E-state index contributed by atoms with van der Waals surface area (Å²) < 4.78 is 0. The minimum atomic E-state index is 1.05. The van der Waals surface area contributed by atoms with Gasteiger partial charge in [0.15, 0.2) is 0 Å². The van der Waals surface area contributed by atoms with E-state index in [4.69, 9.17) is 0 Å². The lowest BCUT2D eigenvalue weighted by Crippen LogP contribution is -2.14. The van der Waals surface area contributed by atoms with Crippen LogP contribution < -0.4 is 5.48 Å². The second kappa shape index (κ2) is 3.50. The van der Waals surface area contributed by atoms with E-state index >= 15 is 0 Å². The first kappa shape index (κ1) is 9.54. The van der Waals surface area contributed by atoms with E-state index in [1.54, 1.807) is 0 Å². The Labute approximate surface area is 104 Å². The van der Waals surface area contributed by atoms with Crippen LogP contribution in [0.4, 0.5) is 0 Å². The van der Waals surface area contributed by atoms with Crippen LogP contribution in [-0.4, -0.2) is 9.97 Å². The summed E-state index contributed by atoms with van der Waals surface area (Å²) in [6.07, 6.45) is 8.30. The first-order valence-corrected chi connectivity index (χ1v) is 6.07. The molecule has 0 unspecified atom stereocenters. The van der Waals surface area contributed by atoms with E-state index < -0.39 is 0 Å². The second-order valence-electron chi connectivity index (χ2n) is 4.51. The molecule has 0 saturated carbocycles. The monoisotopic (exact) mass is 232 g/mol. The van der Waals surface area contributed by atoms with Gasteiger partial charge in [-0.3, -0.25) is 0 Å². The van der Waals surface area contributed by atoms with Crippen molar-refractivity contribution in [2.24, 2.45) is 0 Å². The zero-order chi connectivity index (χ0) is 11.9. The maximum Gasteiger partial charge on any atom is 0.115 e. The number of hydrogen-bond acceptors (Lipinski definition) is 0. The highest BCUT2D eigenvalue weighted by Gasteiger charge is 2.03. The molecule has 2 heteroatoms. The Morgan fingerprint density at radius 2 is 1.33 bits per heavy atom. The van der Waals surface area contributed by atoms with E-state index in [1.165, 1.54) is 16.3 Å². The Kier molecular flexibility index (Phi) is 1.86. The van der Waals surface area contributed by atoms with Crippen LogP contribution in [0.15, 0.2) is 60.7 Å². The van der Waals surface area contributed by atoms with Crippen molar-refractivity contribution in [3.05, 3.63) is 66.2 Å². The zero-order valence-electron chi connectivity index (χ0n) is 9.77. The fraction of sp³-hybridized carbons (Fsp3) is 0. The fourth-order valence-electron chi connectivity index (χ4n) is 2.53. The number of nitrogens with one attached hydrogen (secondary N) is 2. The van der Waals surface area contributed by atoms with E-state index in [-0.39, 0.29) is 0 Å². The first-order chi connectivity index (χ1) is 8.92. The quantitative estimate of drug-likeness (QED) is 0.596. The Morgan fingerprint density at radius 3 is 1.94 bits per heavy atom. The van der Waals surface area contributed by atoms with Crippen molar-refractivity contribution in [1.29, 1.82) is 0 Å². The average Bonchev–Trinajstić information content (AvgIpc) is 2.93. The van der Waals surface area contributed by atoms with Crippen molar-refractivity contribution >= 4 is 27.4 Å². The molecule has 1 aliphatic rings. The van der Waals surface area contributed by atoms with Crippen molar-refractivity contribution in [2.45, 2.75) is 0 Å². The molecule has 2 N–H and O–H groups in total. The van der Waals surface area contributed by atoms with Gasteiger partial charge in [0.25, 0.3) is 0 Å². The Balaban J connectivity index is 2.25. The van der Waals surface area contributed by atoms with Crippen molar-refractivity contribution < 1.29 is 0 Å². The number of H-pyrrole nitrogens is 2. The van der Waals surface area contributed by atoms with Crippen molar-refractivity contribution in [3.63, 3.8) is 0 Å². The maximum absolute atomic E-state index is 3.47. The van der Waals surface area contributed by atoms with E-state index in [9.17, 15) is 0 Å². The van der Waals surface area contributed by atoms with Crippen LogP contribution in [0.1, 0.15) is 0 Å². The summed E-state index contributed by atoms with van der Waals surface area (Å²) in [4.78, 5) is 6.94. The molecule has 2 nitrogen and oxygen atoms in total. The minimum absolute atomic E-state index is 1.05. The Morgan fingerprint density at radius 1 is 0.722 bits per heavy atom. The van der Waals surface area contributed by atoms with Gasteiger partial charge in [0, 0.05) is 22.0 Å². The molecule has 4 rings (SSSR count). The van der Waals surface area contributed by atoms with Gasteiger partial charge in [0.2, 0.25) is 0 Å². The van der Waals surface area contributed by atoms with Crippen molar-refractivity contribution in [3.8, 4) is 0 Å². The van der Waals surface area contributed by atoms with Gasteiger partial charge in [-0.25, -0.2) is 0 Å². The largest absolute Gasteiger partial charge is 0.341 e. The number of rotatable bonds is 0. The molecule has 3 aromatic rings. The van der Waals surface area contributed by atoms with Gasteiger partial charge in [-0.05, 0) is 17.5 Å². The zero-order valence-corrected chi connectivity index (χ0v) is 9.77. The smallest absolute Gasteiger partial charge is 0.115 e. The predicted molar refractivity (Wildman–Crippen MR) is 75.9 cm³/mol. The molecule has 0 atom stereocenters. The summed E-state index contributed by atoms with van der Waals surface area (Å²) in [6.45, 7) is 0. The van der Waals surface area contributed by atoms with Gasteiger partial charge in [-0.1, -0.05) is 48.6 Å². The lowest BCUT2D eigenvalue weighted by molar-refractivity contribution is 1.16. The van der Waals surface area contributed by atoms with Gasteiger partial charge < -0.3 is 9.97 Å². The molecule has 0 amide bonds. The van der Waals surface area contributed by atoms with E-state index in [2.05, 4.69) is 58.5 Å². The summed E-state index contributed by atoms with van der Waals surface area (Å²) in [6, 6.07) is 12.7.